The van der Waals surface area contributed by atoms with Crippen molar-refractivity contribution in [3.8, 4) is 0 Å². The Morgan fingerprint density at radius 1 is 1.26 bits per heavy atom. The molecule has 2 heterocycles. The van der Waals surface area contributed by atoms with Crippen molar-refractivity contribution in [2.75, 3.05) is 13.1 Å². The lowest BCUT2D eigenvalue weighted by Gasteiger charge is -2.43. The zero-order valence-electron chi connectivity index (χ0n) is 13.3. The van der Waals surface area contributed by atoms with Crippen LogP contribution in [0.2, 0.25) is 0 Å². The number of hydrogen-bond donors (Lipinski definition) is 3. The Balaban J connectivity index is 1.61. The van der Waals surface area contributed by atoms with Crippen LogP contribution in [0.25, 0.3) is 0 Å². The average molecular weight is 319 g/mol. The van der Waals surface area contributed by atoms with Crippen LogP contribution in [0.5, 0.6) is 0 Å². The van der Waals surface area contributed by atoms with Gasteiger partial charge in [-0.25, -0.2) is 0 Å². The van der Waals surface area contributed by atoms with Gasteiger partial charge >= 0.3 is 0 Å². The molecule has 0 radical (unpaired) electrons. The highest BCUT2D eigenvalue weighted by molar-refractivity contribution is 5.76. The predicted octanol–water partition coefficient (Wildman–Crippen LogP) is 0.104. The lowest BCUT2D eigenvalue weighted by atomic mass is 9.71. The van der Waals surface area contributed by atoms with Gasteiger partial charge in [0.15, 0.2) is 5.43 Å². The molecule has 0 unspecified atom stereocenters. The van der Waals surface area contributed by atoms with Gasteiger partial charge in [0, 0.05) is 30.6 Å². The van der Waals surface area contributed by atoms with E-state index in [-0.39, 0.29) is 30.0 Å². The van der Waals surface area contributed by atoms with Crippen molar-refractivity contribution in [2.24, 2.45) is 11.8 Å². The first-order chi connectivity index (χ1) is 11.1. The predicted molar refractivity (Wildman–Crippen MR) is 87.0 cm³/mol. The first-order valence-corrected chi connectivity index (χ1v) is 8.46. The minimum Gasteiger partial charge on any atom is -0.393 e. The minimum atomic E-state index is -0.208. The number of amides is 1. The monoisotopic (exact) mass is 319 g/mol. The van der Waals surface area contributed by atoms with Crippen molar-refractivity contribution in [1.29, 1.82) is 0 Å². The first kappa shape index (κ1) is 16.2. The summed E-state index contributed by atoms with van der Waals surface area (Å²) in [5.74, 6) is 0.830. The molecule has 1 aliphatic carbocycles. The average Bonchev–Trinajstić information content (AvgIpc) is 2.53. The van der Waals surface area contributed by atoms with Crippen LogP contribution >= 0.6 is 0 Å². The Morgan fingerprint density at radius 2 is 1.91 bits per heavy atom. The topological polar surface area (TPSA) is 83.4 Å². The van der Waals surface area contributed by atoms with Gasteiger partial charge in [-0.3, -0.25) is 9.59 Å². The van der Waals surface area contributed by atoms with Crippen LogP contribution in [0.4, 0.5) is 0 Å². The van der Waals surface area contributed by atoms with Gasteiger partial charge in [-0.2, -0.15) is 0 Å². The zero-order chi connectivity index (χ0) is 16.2. The number of hydrogen-bond acceptors (Lipinski definition) is 4. The molecule has 1 saturated carbocycles. The molecular formula is C17H25N3O3. The maximum Gasteiger partial charge on any atom is 0.240 e. The van der Waals surface area contributed by atoms with E-state index in [0.29, 0.717) is 11.8 Å². The number of nitrogens with one attached hydrogen (secondary N) is 2. The van der Waals surface area contributed by atoms with Gasteiger partial charge in [0.25, 0.3) is 0 Å². The number of aliphatic hydroxyl groups is 1. The van der Waals surface area contributed by atoms with E-state index in [2.05, 4.69) is 10.6 Å². The van der Waals surface area contributed by atoms with Crippen molar-refractivity contribution in [1.82, 2.24) is 15.2 Å². The van der Waals surface area contributed by atoms with E-state index >= 15 is 0 Å². The number of aliphatic hydroxyl groups excluding tert-OH is 1. The summed E-state index contributed by atoms with van der Waals surface area (Å²) in [6.07, 6.45) is 6.76. The lowest BCUT2D eigenvalue weighted by molar-refractivity contribution is -0.124. The van der Waals surface area contributed by atoms with Crippen LogP contribution in [-0.4, -0.2) is 40.8 Å². The summed E-state index contributed by atoms with van der Waals surface area (Å²) < 4.78 is 1.71. The second kappa shape index (κ2) is 7.27. The second-order valence-electron chi connectivity index (χ2n) is 6.77. The summed E-state index contributed by atoms with van der Waals surface area (Å²) >= 11 is 0. The SMILES string of the molecule is O=C(Cn1ccc(=O)cc1)N[C@H](C1CCNCC1)C1CC(O)C1. The van der Waals surface area contributed by atoms with Crippen molar-refractivity contribution in [2.45, 2.75) is 44.4 Å². The molecule has 3 N–H and O–H groups in total. The third kappa shape index (κ3) is 4.20. The van der Waals surface area contributed by atoms with E-state index in [4.69, 9.17) is 0 Å². The largest absolute Gasteiger partial charge is 0.393 e. The molecule has 3 rings (SSSR count). The third-order valence-electron chi connectivity index (χ3n) is 5.06. The summed E-state index contributed by atoms with van der Waals surface area (Å²) in [5.41, 5.74) is -0.0577. The second-order valence-corrected chi connectivity index (χ2v) is 6.77. The summed E-state index contributed by atoms with van der Waals surface area (Å²) in [7, 11) is 0. The molecule has 1 aromatic rings. The molecule has 1 saturated heterocycles. The van der Waals surface area contributed by atoms with Crippen molar-refractivity contribution in [3.05, 3.63) is 34.7 Å². The number of pyridine rings is 1. The number of nitrogens with zero attached hydrogens (tertiary/aromatic N) is 1. The van der Waals surface area contributed by atoms with E-state index in [9.17, 15) is 14.7 Å². The van der Waals surface area contributed by atoms with Crippen LogP contribution in [0.1, 0.15) is 25.7 Å². The van der Waals surface area contributed by atoms with Gasteiger partial charge in [0.1, 0.15) is 6.54 Å². The summed E-state index contributed by atoms with van der Waals surface area (Å²) in [5, 5.41) is 16.2. The molecule has 2 fully saturated rings. The van der Waals surface area contributed by atoms with Crippen LogP contribution in [0.15, 0.2) is 29.3 Å². The standard InChI is InChI=1S/C17H25N3O3/c21-14-3-7-20(8-4-14)11-16(23)19-17(13-9-15(22)10-13)12-1-5-18-6-2-12/h3-4,7-8,12-13,15,17-18,22H,1-2,5-6,9-11H2,(H,19,23)/t13?,15?,17-/m1/s1. The summed E-state index contributed by atoms with van der Waals surface area (Å²) in [6, 6.07) is 3.06. The van der Waals surface area contributed by atoms with Crippen molar-refractivity contribution < 1.29 is 9.90 Å². The van der Waals surface area contributed by atoms with Gasteiger partial charge < -0.3 is 20.3 Å². The van der Waals surface area contributed by atoms with Crippen molar-refractivity contribution >= 4 is 5.91 Å². The highest BCUT2D eigenvalue weighted by Crippen LogP contribution is 2.35. The van der Waals surface area contributed by atoms with E-state index in [1.165, 1.54) is 12.1 Å². The normalized spacial score (nSPS) is 26.3. The van der Waals surface area contributed by atoms with Gasteiger partial charge in [-0.1, -0.05) is 0 Å². The Morgan fingerprint density at radius 3 is 2.52 bits per heavy atom. The van der Waals surface area contributed by atoms with Gasteiger partial charge in [0.2, 0.25) is 5.91 Å². The fraction of sp³-hybridized carbons (Fsp3) is 0.647. The van der Waals surface area contributed by atoms with E-state index in [1.54, 1.807) is 17.0 Å². The number of carbonyl (C=O) groups excluding carboxylic acids is 1. The third-order valence-corrected chi connectivity index (χ3v) is 5.06. The Labute approximate surface area is 135 Å². The maximum atomic E-state index is 12.4. The number of aromatic nitrogens is 1. The fourth-order valence-electron chi connectivity index (χ4n) is 3.69. The number of carbonyl (C=O) groups is 1. The van der Waals surface area contributed by atoms with Crippen LogP contribution < -0.4 is 16.1 Å². The Kier molecular flexibility index (Phi) is 5.13. The highest BCUT2D eigenvalue weighted by atomic mass is 16.3. The van der Waals surface area contributed by atoms with Gasteiger partial charge in [-0.15, -0.1) is 0 Å². The van der Waals surface area contributed by atoms with E-state index < -0.39 is 0 Å². The molecule has 1 amide bonds. The molecule has 6 nitrogen and oxygen atoms in total. The van der Waals surface area contributed by atoms with Gasteiger partial charge in [-0.05, 0) is 50.6 Å². The molecule has 0 bridgehead atoms. The summed E-state index contributed by atoms with van der Waals surface area (Å²) in [4.78, 5) is 23.5. The lowest BCUT2D eigenvalue weighted by Crippen LogP contribution is -2.53. The van der Waals surface area contributed by atoms with E-state index in [1.807, 2.05) is 0 Å². The molecule has 126 valence electrons. The molecule has 0 spiro atoms. The molecule has 1 aliphatic heterocycles. The number of rotatable bonds is 5. The highest BCUT2D eigenvalue weighted by Gasteiger charge is 2.39. The van der Waals surface area contributed by atoms with E-state index in [0.717, 1.165) is 38.8 Å². The minimum absolute atomic E-state index is 0.0291. The zero-order valence-corrected chi connectivity index (χ0v) is 13.3. The Bertz CT molecular complexity index is 568. The molecule has 23 heavy (non-hydrogen) atoms. The van der Waals surface area contributed by atoms with Crippen LogP contribution in [0.3, 0.4) is 0 Å². The molecule has 0 aromatic carbocycles. The van der Waals surface area contributed by atoms with Crippen LogP contribution in [0, 0.1) is 11.8 Å². The molecule has 2 aliphatic rings. The maximum absolute atomic E-state index is 12.4. The molecular weight excluding hydrogens is 294 g/mol. The molecule has 1 aromatic heterocycles. The quantitative estimate of drug-likeness (QED) is 0.719. The van der Waals surface area contributed by atoms with Gasteiger partial charge in [0.05, 0.1) is 6.10 Å². The molecule has 6 heteroatoms. The van der Waals surface area contributed by atoms with Crippen molar-refractivity contribution in [3.63, 3.8) is 0 Å². The first-order valence-electron chi connectivity index (χ1n) is 8.46. The fourth-order valence-corrected chi connectivity index (χ4v) is 3.69. The summed E-state index contributed by atoms with van der Waals surface area (Å²) in [6.45, 7) is 2.20. The molecule has 1 atom stereocenters. The Hall–Kier alpha value is -1.66. The number of piperidine rings is 1. The smallest absolute Gasteiger partial charge is 0.240 e. The van der Waals surface area contributed by atoms with Crippen LogP contribution in [-0.2, 0) is 11.3 Å².